The van der Waals surface area contributed by atoms with Crippen LogP contribution in [0.1, 0.15) is 29.2 Å². The van der Waals surface area contributed by atoms with Crippen LogP contribution in [-0.2, 0) is 22.6 Å². The molecule has 0 saturated carbocycles. The van der Waals surface area contributed by atoms with E-state index in [1.807, 2.05) is 54.6 Å². The largest absolute Gasteiger partial charge is 0.390 e. The fraction of sp³-hybridized carbons (Fsp3) is 0.316. The number of carbonyl (C=O) groups excluding carboxylic acids is 1. The van der Waals surface area contributed by atoms with Crippen molar-refractivity contribution in [1.82, 2.24) is 5.32 Å². The minimum absolute atomic E-state index is 0.0983. The summed E-state index contributed by atoms with van der Waals surface area (Å²) in [5.74, 6) is -0.0983. The van der Waals surface area contributed by atoms with E-state index in [4.69, 9.17) is 4.74 Å². The third-order valence-electron chi connectivity index (χ3n) is 4.11. The van der Waals surface area contributed by atoms with Crippen molar-refractivity contribution >= 4 is 5.91 Å². The molecule has 0 bridgehead atoms. The lowest BCUT2D eigenvalue weighted by Crippen LogP contribution is -2.34. The molecule has 2 aromatic carbocycles. The van der Waals surface area contributed by atoms with Gasteiger partial charge in [-0.2, -0.15) is 0 Å². The summed E-state index contributed by atoms with van der Waals surface area (Å²) in [5, 5.41) is 13.0. The molecule has 2 N–H and O–H groups in total. The first-order valence-electron chi connectivity index (χ1n) is 7.91. The first-order valence-corrected chi connectivity index (χ1v) is 7.91. The lowest BCUT2D eigenvalue weighted by molar-refractivity contribution is -0.123. The zero-order chi connectivity index (χ0) is 16.1. The Morgan fingerprint density at radius 2 is 1.87 bits per heavy atom. The topological polar surface area (TPSA) is 58.6 Å². The van der Waals surface area contributed by atoms with Gasteiger partial charge >= 0.3 is 0 Å². The van der Waals surface area contributed by atoms with Gasteiger partial charge in [0, 0.05) is 12.8 Å². The van der Waals surface area contributed by atoms with Crippen LogP contribution in [-0.4, -0.2) is 23.7 Å². The van der Waals surface area contributed by atoms with Crippen molar-refractivity contribution in [3.8, 4) is 0 Å². The van der Waals surface area contributed by atoms with E-state index in [0.29, 0.717) is 19.6 Å². The number of aliphatic hydroxyl groups is 1. The normalized spacial score (nSPS) is 19.3. The van der Waals surface area contributed by atoms with E-state index >= 15 is 0 Å². The second kappa shape index (κ2) is 7.40. The number of hydrogen-bond acceptors (Lipinski definition) is 3. The smallest absolute Gasteiger partial charge is 0.222 e. The van der Waals surface area contributed by atoms with Crippen LogP contribution in [0.25, 0.3) is 0 Å². The lowest BCUT2D eigenvalue weighted by atomic mass is 10.1. The average molecular weight is 311 g/mol. The van der Waals surface area contributed by atoms with Gasteiger partial charge in [0.2, 0.25) is 5.91 Å². The Bertz CT molecular complexity index is 657. The molecule has 1 aliphatic rings. The number of carbonyl (C=O) groups is 1. The molecule has 0 saturated heterocycles. The van der Waals surface area contributed by atoms with Gasteiger partial charge in [0.25, 0.3) is 0 Å². The summed E-state index contributed by atoms with van der Waals surface area (Å²) in [6.45, 7) is 0.869. The molecule has 0 fully saturated rings. The van der Waals surface area contributed by atoms with Crippen molar-refractivity contribution in [2.24, 2.45) is 0 Å². The van der Waals surface area contributed by atoms with E-state index in [0.717, 1.165) is 16.7 Å². The highest BCUT2D eigenvalue weighted by Crippen LogP contribution is 2.31. The number of aliphatic hydroxyl groups excluding tert-OH is 1. The summed E-state index contributed by atoms with van der Waals surface area (Å²) in [5.41, 5.74) is 3.21. The van der Waals surface area contributed by atoms with Crippen LogP contribution in [0.4, 0.5) is 0 Å². The first-order chi connectivity index (χ1) is 11.2. The van der Waals surface area contributed by atoms with Crippen molar-refractivity contribution in [3.63, 3.8) is 0 Å². The highest BCUT2D eigenvalue weighted by molar-refractivity contribution is 5.76. The Kier molecular flexibility index (Phi) is 5.05. The van der Waals surface area contributed by atoms with E-state index < -0.39 is 6.10 Å². The molecule has 2 aromatic rings. The third-order valence-corrected chi connectivity index (χ3v) is 4.11. The molecule has 2 atom stereocenters. The third kappa shape index (κ3) is 3.97. The summed E-state index contributed by atoms with van der Waals surface area (Å²) in [6.07, 6.45) is 0.325. The van der Waals surface area contributed by atoms with Gasteiger partial charge in [0.15, 0.2) is 0 Å². The van der Waals surface area contributed by atoms with Gasteiger partial charge < -0.3 is 15.2 Å². The molecule has 23 heavy (non-hydrogen) atoms. The van der Waals surface area contributed by atoms with E-state index in [2.05, 4.69) is 5.32 Å². The molecule has 0 heterocycles. The van der Waals surface area contributed by atoms with Crippen molar-refractivity contribution < 1.29 is 14.6 Å². The summed E-state index contributed by atoms with van der Waals surface area (Å²) in [6, 6.07) is 17.4. The van der Waals surface area contributed by atoms with E-state index in [9.17, 15) is 9.90 Å². The summed E-state index contributed by atoms with van der Waals surface area (Å²) in [7, 11) is 0. The van der Waals surface area contributed by atoms with Crippen molar-refractivity contribution in [2.75, 3.05) is 6.61 Å². The van der Waals surface area contributed by atoms with Gasteiger partial charge in [-0.15, -0.1) is 0 Å². The molecule has 0 spiro atoms. The number of ether oxygens (including phenoxy) is 1. The molecule has 4 nitrogen and oxygen atoms in total. The number of hydrogen-bond donors (Lipinski definition) is 2. The average Bonchev–Trinajstić information content (AvgIpc) is 2.88. The van der Waals surface area contributed by atoms with Crippen molar-refractivity contribution in [1.29, 1.82) is 0 Å². The predicted molar refractivity (Wildman–Crippen MR) is 87.8 cm³/mol. The maximum Gasteiger partial charge on any atom is 0.222 e. The fourth-order valence-electron chi connectivity index (χ4n) is 2.92. The van der Waals surface area contributed by atoms with Crippen LogP contribution in [0.3, 0.4) is 0 Å². The van der Waals surface area contributed by atoms with Crippen LogP contribution in [0, 0.1) is 0 Å². The molecule has 4 heteroatoms. The summed E-state index contributed by atoms with van der Waals surface area (Å²) < 4.78 is 5.53. The van der Waals surface area contributed by atoms with Crippen molar-refractivity contribution in [2.45, 2.75) is 31.6 Å². The van der Waals surface area contributed by atoms with Gasteiger partial charge in [0.1, 0.15) is 0 Å². The van der Waals surface area contributed by atoms with E-state index in [1.54, 1.807) is 0 Å². The van der Waals surface area contributed by atoms with Crippen molar-refractivity contribution in [3.05, 3.63) is 71.3 Å². The zero-order valence-electron chi connectivity index (χ0n) is 12.9. The summed E-state index contributed by atoms with van der Waals surface area (Å²) in [4.78, 5) is 12.1. The maximum atomic E-state index is 12.1. The summed E-state index contributed by atoms with van der Waals surface area (Å²) >= 11 is 0. The Hall–Kier alpha value is -2.17. The van der Waals surface area contributed by atoms with Gasteiger partial charge in [-0.05, 0) is 16.7 Å². The predicted octanol–water partition coefficient (Wildman–Crippen LogP) is 2.37. The van der Waals surface area contributed by atoms with Crippen LogP contribution >= 0.6 is 0 Å². The maximum absolute atomic E-state index is 12.1. The first kappa shape index (κ1) is 15.7. The number of fused-ring (bicyclic) bond motifs is 1. The minimum atomic E-state index is -0.554. The monoisotopic (exact) mass is 311 g/mol. The van der Waals surface area contributed by atoms with Gasteiger partial charge in [-0.1, -0.05) is 54.6 Å². The van der Waals surface area contributed by atoms with Gasteiger partial charge in [-0.25, -0.2) is 0 Å². The van der Waals surface area contributed by atoms with Crippen LogP contribution in [0.2, 0.25) is 0 Å². The van der Waals surface area contributed by atoms with Crippen LogP contribution in [0.15, 0.2) is 54.6 Å². The number of benzene rings is 2. The van der Waals surface area contributed by atoms with E-state index in [1.165, 1.54) is 0 Å². The lowest BCUT2D eigenvalue weighted by Gasteiger charge is -2.18. The fourth-order valence-corrected chi connectivity index (χ4v) is 2.92. The second-order valence-corrected chi connectivity index (χ2v) is 5.80. The molecule has 1 amide bonds. The highest BCUT2D eigenvalue weighted by Gasteiger charge is 2.31. The van der Waals surface area contributed by atoms with Crippen LogP contribution < -0.4 is 5.32 Å². The molecule has 1 aliphatic carbocycles. The zero-order valence-corrected chi connectivity index (χ0v) is 12.9. The SMILES string of the molecule is O=C(CCOCc1ccccc1)N[C@@H]1c2ccccc2C[C@H]1O. The number of amides is 1. The van der Waals surface area contributed by atoms with Gasteiger partial charge in [0.05, 0.1) is 25.4 Å². The molecule has 3 rings (SSSR count). The van der Waals surface area contributed by atoms with Crippen LogP contribution in [0.5, 0.6) is 0 Å². The highest BCUT2D eigenvalue weighted by atomic mass is 16.5. The second-order valence-electron chi connectivity index (χ2n) is 5.80. The molecule has 0 unspecified atom stereocenters. The Morgan fingerprint density at radius 1 is 1.13 bits per heavy atom. The minimum Gasteiger partial charge on any atom is -0.390 e. The quantitative estimate of drug-likeness (QED) is 0.805. The molecule has 120 valence electrons. The number of rotatable bonds is 6. The Labute approximate surface area is 136 Å². The molecule has 0 radical (unpaired) electrons. The number of nitrogens with one attached hydrogen (secondary N) is 1. The molecular weight excluding hydrogens is 290 g/mol. The Morgan fingerprint density at radius 3 is 2.70 bits per heavy atom. The molecule has 0 aromatic heterocycles. The Balaban J connectivity index is 1.45. The molecular formula is C19H21NO3. The van der Waals surface area contributed by atoms with E-state index in [-0.39, 0.29) is 18.4 Å². The standard InChI is InChI=1S/C19H21NO3/c21-17-12-15-8-4-5-9-16(15)19(17)20-18(22)10-11-23-13-14-6-2-1-3-7-14/h1-9,17,19,21H,10-13H2,(H,20,22)/t17-,19-/m1/s1. The van der Waals surface area contributed by atoms with Gasteiger partial charge in [-0.3, -0.25) is 4.79 Å². The molecule has 0 aliphatic heterocycles.